The van der Waals surface area contributed by atoms with E-state index < -0.39 is 0 Å². The first-order valence-electron chi connectivity index (χ1n) is 8.03. The Kier molecular flexibility index (Phi) is 3.65. The zero-order chi connectivity index (χ0) is 15.8. The zero-order valence-electron chi connectivity index (χ0n) is 12.8. The van der Waals surface area contributed by atoms with E-state index in [0.717, 1.165) is 47.8 Å². The van der Waals surface area contributed by atoms with Gasteiger partial charge >= 0.3 is 0 Å². The van der Waals surface area contributed by atoms with Crippen LogP contribution in [0.3, 0.4) is 0 Å². The number of carbonyl (C=O) groups excluding carboxylic acids is 2. The number of anilines is 1. The maximum atomic E-state index is 12.7. The van der Waals surface area contributed by atoms with Crippen LogP contribution in [0.1, 0.15) is 37.7 Å². The Morgan fingerprint density at radius 1 is 0.957 bits per heavy atom. The van der Waals surface area contributed by atoms with E-state index in [9.17, 15) is 9.59 Å². The highest BCUT2D eigenvalue weighted by Gasteiger charge is 2.30. The Hall–Kier alpha value is -2.14. The monoisotopic (exact) mass is 326 g/mol. The molecule has 23 heavy (non-hydrogen) atoms. The van der Waals surface area contributed by atoms with Crippen LogP contribution in [0.15, 0.2) is 36.4 Å². The van der Waals surface area contributed by atoms with Crippen molar-refractivity contribution in [2.24, 2.45) is 0 Å². The first kappa shape index (κ1) is 14.5. The van der Waals surface area contributed by atoms with Crippen LogP contribution < -0.4 is 4.90 Å². The minimum atomic E-state index is 0.0160. The molecule has 1 fully saturated rings. The molecule has 0 unspecified atom stereocenters. The van der Waals surface area contributed by atoms with E-state index in [1.54, 1.807) is 11.3 Å². The minimum absolute atomic E-state index is 0.0160. The molecule has 5 heteroatoms. The molecule has 2 amide bonds. The Balaban J connectivity index is 1.59. The number of thiophene rings is 1. The van der Waals surface area contributed by atoms with E-state index in [1.807, 2.05) is 46.2 Å². The Labute approximate surface area is 139 Å². The van der Waals surface area contributed by atoms with Crippen LogP contribution in [0.25, 0.3) is 0 Å². The van der Waals surface area contributed by atoms with Gasteiger partial charge in [-0.2, -0.15) is 0 Å². The van der Waals surface area contributed by atoms with Gasteiger partial charge in [0.15, 0.2) is 0 Å². The van der Waals surface area contributed by atoms with Crippen molar-refractivity contribution in [1.82, 2.24) is 4.90 Å². The van der Waals surface area contributed by atoms with Crippen LogP contribution in [0, 0.1) is 0 Å². The third-order valence-electron chi connectivity index (χ3n) is 4.51. The summed E-state index contributed by atoms with van der Waals surface area (Å²) >= 11 is 1.55. The van der Waals surface area contributed by atoms with Crippen molar-refractivity contribution in [2.75, 3.05) is 24.5 Å². The lowest BCUT2D eigenvalue weighted by molar-refractivity contribution is 0.0797. The van der Waals surface area contributed by atoms with Crippen molar-refractivity contribution in [3.05, 3.63) is 51.7 Å². The fourth-order valence-electron chi connectivity index (χ4n) is 3.29. The van der Waals surface area contributed by atoms with E-state index in [1.165, 1.54) is 0 Å². The predicted molar refractivity (Wildman–Crippen MR) is 91.3 cm³/mol. The molecule has 1 saturated heterocycles. The number of amides is 2. The molecule has 0 radical (unpaired) electrons. The molecule has 4 nitrogen and oxygen atoms in total. The van der Waals surface area contributed by atoms with Gasteiger partial charge in [-0.3, -0.25) is 9.59 Å². The Morgan fingerprint density at radius 3 is 2.43 bits per heavy atom. The van der Waals surface area contributed by atoms with E-state index >= 15 is 0 Å². The van der Waals surface area contributed by atoms with Gasteiger partial charge in [-0.25, -0.2) is 0 Å². The summed E-state index contributed by atoms with van der Waals surface area (Å²) < 4.78 is 0. The van der Waals surface area contributed by atoms with Gasteiger partial charge in [0.1, 0.15) is 0 Å². The zero-order valence-corrected chi connectivity index (χ0v) is 13.6. The first-order valence-corrected chi connectivity index (χ1v) is 8.84. The van der Waals surface area contributed by atoms with Crippen molar-refractivity contribution in [3.8, 4) is 0 Å². The summed E-state index contributed by atoms with van der Waals surface area (Å²) in [6.07, 6.45) is 3.02. The first-order chi connectivity index (χ1) is 11.2. The van der Waals surface area contributed by atoms with Gasteiger partial charge in [0, 0.05) is 36.5 Å². The average Bonchev–Trinajstić information content (AvgIpc) is 3.30. The fraction of sp³-hybridized carbons (Fsp3) is 0.333. The molecule has 0 N–H and O–H groups in total. The highest BCUT2D eigenvalue weighted by Crippen LogP contribution is 2.37. The number of nitrogens with zero attached hydrogens (tertiary/aromatic N) is 2. The highest BCUT2D eigenvalue weighted by atomic mass is 32.1. The normalized spacial score (nSPS) is 16.7. The third-order valence-corrected chi connectivity index (χ3v) is 5.68. The Morgan fingerprint density at radius 2 is 1.70 bits per heavy atom. The lowest BCUT2D eigenvalue weighted by Gasteiger charge is -2.17. The van der Waals surface area contributed by atoms with Gasteiger partial charge in [0.05, 0.1) is 10.6 Å². The lowest BCUT2D eigenvalue weighted by Crippen LogP contribution is -2.29. The molecule has 2 aliphatic rings. The summed E-state index contributed by atoms with van der Waals surface area (Å²) in [6.45, 7) is 2.41. The third kappa shape index (κ3) is 2.55. The molecule has 4 rings (SSSR count). The lowest BCUT2D eigenvalue weighted by atomic mass is 10.2. The molecule has 2 aliphatic heterocycles. The summed E-state index contributed by atoms with van der Waals surface area (Å²) in [5, 5.41) is 0. The van der Waals surface area contributed by atoms with Gasteiger partial charge in [-0.1, -0.05) is 18.2 Å². The van der Waals surface area contributed by atoms with Crippen molar-refractivity contribution < 1.29 is 9.59 Å². The van der Waals surface area contributed by atoms with Gasteiger partial charge in [-0.05, 0) is 31.0 Å². The predicted octanol–water partition coefficient (Wildman–Crippen LogP) is 3.19. The van der Waals surface area contributed by atoms with Crippen LogP contribution in [-0.4, -0.2) is 36.3 Å². The highest BCUT2D eigenvalue weighted by molar-refractivity contribution is 7.14. The average molecular weight is 326 g/mol. The molecule has 2 aromatic rings. The second kappa shape index (κ2) is 5.81. The molecule has 0 saturated carbocycles. The summed E-state index contributed by atoms with van der Waals surface area (Å²) in [5.74, 6) is 0.135. The van der Waals surface area contributed by atoms with E-state index in [2.05, 4.69) is 0 Å². The number of rotatable bonds is 2. The SMILES string of the molecule is O=C(c1cc2c(s1)CCN2C(=O)c1ccccc1)N1CCCC1. The summed E-state index contributed by atoms with van der Waals surface area (Å²) in [4.78, 5) is 30.9. The van der Waals surface area contributed by atoms with E-state index in [0.29, 0.717) is 12.1 Å². The van der Waals surface area contributed by atoms with Gasteiger partial charge in [0.2, 0.25) is 0 Å². The molecule has 1 aromatic carbocycles. The molecule has 0 atom stereocenters. The second-order valence-electron chi connectivity index (χ2n) is 5.99. The second-order valence-corrected chi connectivity index (χ2v) is 7.13. The Bertz CT molecular complexity index is 748. The van der Waals surface area contributed by atoms with Crippen LogP contribution in [0.5, 0.6) is 0 Å². The van der Waals surface area contributed by atoms with Crippen LogP contribution in [0.4, 0.5) is 5.69 Å². The summed E-state index contributed by atoms with van der Waals surface area (Å²) in [6, 6.07) is 11.2. The largest absolute Gasteiger partial charge is 0.338 e. The maximum absolute atomic E-state index is 12.7. The van der Waals surface area contributed by atoms with Crippen molar-refractivity contribution in [3.63, 3.8) is 0 Å². The van der Waals surface area contributed by atoms with Gasteiger partial charge in [0.25, 0.3) is 11.8 Å². The fourth-order valence-corrected chi connectivity index (χ4v) is 4.41. The molecule has 0 spiro atoms. The number of hydrogen-bond acceptors (Lipinski definition) is 3. The van der Waals surface area contributed by atoms with Crippen LogP contribution in [0.2, 0.25) is 0 Å². The van der Waals surface area contributed by atoms with Gasteiger partial charge in [-0.15, -0.1) is 11.3 Å². The molecule has 118 valence electrons. The van der Waals surface area contributed by atoms with Crippen LogP contribution >= 0.6 is 11.3 Å². The van der Waals surface area contributed by atoms with E-state index in [-0.39, 0.29) is 11.8 Å². The molecule has 1 aromatic heterocycles. The summed E-state index contributed by atoms with van der Waals surface area (Å²) in [7, 11) is 0. The van der Waals surface area contributed by atoms with Crippen LogP contribution in [-0.2, 0) is 6.42 Å². The van der Waals surface area contributed by atoms with E-state index in [4.69, 9.17) is 0 Å². The van der Waals surface area contributed by atoms with Crippen molar-refractivity contribution in [1.29, 1.82) is 0 Å². The molecule has 0 aliphatic carbocycles. The smallest absolute Gasteiger partial charge is 0.264 e. The van der Waals surface area contributed by atoms with Crippen molar-refractivity contribution >= 4 is 28.8 Å². The molecular weight excluding hydrogens is 308 g/mol. The number of fused-ring (bicyclic) bond motifs is 1. The number of hydrogen-bond donors (Lipinski definition) is 0. The molecule has 0 bridgehead atoms. The standard InChI is InChI=1S/C18H18N2O2S/c21-17(13-6-2-1-3-7-13)20-11-8-15-14(20)12-16(23-15)18(22)19-9-4-5-10-19/h1-3,6-7,12H,4-5,8-11H2. The van der Waals surface area contributed by atoms with Crippen molar-refractivity contribution in [2.45, 2.75) is 19.3 Å². The number of carbonyl (C=O) groups is 2. The minimum Gasteiger partial charge on any atom is -0.338 e. The quantitative estimate of drug-likeness (QED) is 0.850. The molecular formula is C18H18N2O2S. The number of likely N-dealkylation sites (tertiary alicyclic amines) is 1. The maximum Gasteiger partial charge on any atom is 0.264 e. The number of benzene rings is 1. The van der Waals surface area contributed by atoms with Gasteiger partial charge < -0.3 is 9.80 Å². The molecule has 3 heterocycles. The summed E-state index contributed by atoms with van der Waals surface area (Å²) in [5.41, 5.74) is 1.62. The topological polar surface area (TPSA) is 40.6 Å².